The van der Waals surface area contributed by atoms with Gasteiger partial charge in [0.25, 0.3) is 0 Å². The van der Waals surface area contributed by atoms with Crippen LogP contribution in [0, 0.1) is 4.91 Å². The molecule has 3 N–H and O–H groups in total. The molecule has 12 heavy (non-hydrogen) atoms. The predicted molar refractivity (Wildman–Crippen MR) is 44.2 cm³/mol. The summed E-state index contributed by atoms with van der Waals surface area (Å²) in [6, 6.07) is 0. The highest BCUT2D eigenvalue weighted by Crippen LogP contribution is 1.99. The number of hydrogen-bond acceptors (Lipinski definition) is 5. The zero-order valence-electron chi connectivity index (χ0n) is 6.51. The van der Waals surface area contributed by atoms with E-state index in [2.05, 4.69) is 0 Å². The van der Waals surface area contributed by atoms with E-state index < -0.39 is 12.1 Å². The van der Waals surface area contributed by atoms with Crippen LogP contribution in [0.3, 0.4) is 0 Å². The van der Waals surface area contributed by atoms with E-state index in [0.29, 0.717) is 12.2 Å². The first-order valence-electron chi connectivity index (χ1n) is 2.96. The molecule has 72 valence electrons. The molecule has 0 rings (SSSR count). The first-order valence-corrected chi connectivity index (χ1v) is 4.36. The van der Waals surface area contributed by atoms with Crippen LogP contribution in [0.5, 0.6) is 0 Å². The van der Waals surface area contributed by atoms with Crippen LogP contribution in [-0.4, -0.2) is 39.5 Å². The molecule has 0 bridgehead atoms. The SMILES string of the molecule is CSCCC(O)C(=O)O.O=NO. The van der Waals surface area contributed by atoms with E-state index in [1.807, 2.05) is 6.26 Å². The van der Waals surface area contributed by atoms with E-state index in [0.717, 1.165) is 0 Å². The van der Waals surface area contributed by atoms with Gasteiger partial charge in [0.2, 0.25) is 0 Å². The van der Waals surface area contributed by atoms with Crippen molar-refractivity contribution in [1.82, 2.24) is 0 Å². The van der Waals surface area contributed by atoms with Crippen LogP contribution in [0.1, 0.15) is 6.42 Å². The fraction of sp³-hybridized carbons (Fsp3) is 0.800. The zero-order chi connectivity index (χ0) is 9.98. The number of rotatable bonds is 4. The van der Waals surface area contributed by atoms with Gasteiger partial charge in [0, 0.05) is 0 Å². The van der Waals surface area contributed by atoms with Crippen LogP contribution in [0.4, 0.5) is 0 Å². The monoisotopic (exact) mass is 197 g/mol. The van der Waals surface area contributed by atoms with Gasteiger partial charge in [-0.15, -0.1) is 4.91 Å². The number of aliphatic carboxylic acids is 1. The Balaban J connectivity index is 0. The molecule has 0 amide bonds. The highest BCUT2D eigenvalue weighted by Gasteiger charge is 2.10. The Kier molecular flexibility index (Phi) is 11.7. The van der Waals surface area contributed by atoms with Crippen LogP contribution in [-0.2, 0) is 4.79 Å². The molecule has 6 nitrogen and oxygen atoms in total. The zero-order valence-corrected chi connectivity index (χ0v) is 7.32. The van der Waals surface area contributed by atoms with Crippen molar-refractivity contribution in [2.75, 3.05) is 12.0 Å². The van der Waals surface area contributed by atoms with Crippen molar-refractivity contribution in [2.45, 2.75) is 12.5 Å². The normalized spacial score (nSPS) is 10.8. The lowest BCUT2D eigenvalue weighted by atomic mass is 10.3. The Morgan fingerprint density at radius 3 is 2.33 bits per heavy atom. The van der Waals surface area contributed by atoms with Crippen molar-refractivity contribution in [2.24, 2.45) is 5.34 Å². The van der Waals surface area contributed by atoms with Gasteiger partial charge in [0.05, 0.1) is 0 Å². The molecule has 0 aliphatic carbocycles. The fourth-order valence-electron chi connectivity index (χ4n) is 0.353. The van der Waals surface area contributed by atoms with E-state index in [9.17, 15) is 4.79 Å². The molecule has 0 saturated heterocycles. The summed E-state index contributed by atoms with van der Waals surface area (Å²) in [4.78, 5) is 18.1. The van der Waals surface area contributed by atoms with Gasteiger partial charge in [-0.05, 0) is 18.4 Å². The number of aliphatic hydroxyl groups excluding tert-OH is 1. The molecule has 1 unspecified atom stereocenters. The van der Waals surface area contributed by atoms with E-state index in [4.69, 9.17) is 20.3 Å². The van der Waals surface area contributed by atoms with Gasteiger partial charge in [0.1, 0.15) is 0 Å². The molecule has 0 aromatic rings. The number of carboxylic acid groups (broad SMARTS) is 1. The molecule has 1 atom stereocenters. The van der Waals surface area contributed by atoms with Crippen molar-refractivity contribution in [3.05, 3.63) is 4.91 Å². The minimum atomic E-state index is -1.18. The van der Waals surface area contributed by atoms with Crippen molar-refractivity contribution >= 4 is 17.7 Å². The summed E-state index contributed by atoms with van der Waals surface area (Å²) in [5.41, 5.74) is 0. The molecular formula is C5H11NO5S. The molecule has 7 heteroatoms. The number of thioether (sulfide) groups is 1. The molecule has 0 aliphatic rings. The number of aliphatic hydroxyl groups is 1. The minimum absolute atomic E-state index is 0.330. The summed E-state index contributed by atoms with van der Waals surface area (Å²) in [5, 5.41) is 24.7. The smallest absolute Gasteiger partial charge is 0.332 e. The third-order valence-electron chi connectivity index (χ3n) is 0.880. The maximum Gasteiger partial charge on any atom is 0.332 e. The Morgan fingerprint density at radius 1 is 1.67 bits per heavy atom. The maximum atomic E-state index is 9.95. The van der Waals surface area contributed by atoms with E-state index in [-0.39, 0.29) is 0 Å². The highest BCUT2D eigenvalue weighted by atomic mass is 32.2. The van der Waals surface area contributed by atoms with Crippen LogP contribution in [0.25, 0.3) is 0 Å². The average Bonchev–Trinajstić information content (AvgIpc) is 2.01. The molecule has 0 aliphatic heterocycles. The Bertz CT molecular complexity index is 131. The largest absolute Gasteiger partial charge is 0.479 e. The summed E-state index contributed by atoms with van der Waals surface area (Å²) in [5.74, 6) is -0.447. The van der Waals surface area contributed by atoms with Crippen LogP contribution in [0.2, 0.25) is 0 Å². The van der Waals surface area contributed by atoms with Crippen LogP contribution < -0.4 is 0 Å². The molecule has 0 radical (unpaired) electrons. The predicted octanol–water partition coefficient (Wildman–Crippen LogP) is 0.327. The van der Waals surface area contributed by atoms with Gasteiger partial charge in [-0.3, -0.25) is 0 Å². The fourth-order valence-corrected chi connectivity index (χ4v) is 0.812. The summed E-state index contributed by atoms with van der Waals surface area (Å²) in [6.45, 7) is 0. The van der Waals surface area contributed by atoms with Crippen molar-refractivity contribution < 1.29 is 20.2 Å². The van der Waals surface area contributed by atoms with E-state index >= 15 is 0 Å². The van der Waals surface area contributed by atoms with Gasteiger partial charge in [-0.25, -0.2) is 4.79 Å². The summed E-state index contributed by atoms with van der Waals surface area (Å²) >= 11 is 1.52. The lowest BCUT2D eigenvalue weighted by molar-refractivity contribution is -0.146. The highest BCUT2D eigenvalue weighted by molar-refractivity contribution is 7.98. The topological polar surface area (TPSA) is 107 Å². The van der Waals surface area contributed by atoms with Gasteiger partial charge in [0.15, 0.2) is 11.4 Å². The molecule has 0 fully saturated rings. The summed E-state index contributed by atoms with van der Waals surface area (Å²) in [6.07, 6.45) is 1.02. The third-order valence-corrected chi connectivity index (χ3v) is 1.52. The van der Waals surface area contributed by atoms with Crippen molar-refractivity contribution in [1.29, 1.82) is 0 Å². The van der Waals surface area contributed by atoms with Crippen molar-refractivity contribution in [3.63, 3.8) is 0 Å². The molecule has 0 spiro atoms. The first-order chi connectivity index (χ1) is 5.59. The lowest BCUT2D eigenvalue weighted by Crippen LogP contribution is -2.19. The minimum Gasteiger partial charge on any atom is -0.479 e. The second kappa shape index (κ2) is 10.2. The maximum absolute atomic E-state index is 9.95. The number of nitrogens with zero attached hydrogens (tertiary/aromatic N) is 1. The van der Waals surface area contributed by atoms with Crippen LogP contribution >= 0.6 is 11.8 Å². The van der Waals surface area contributed by atoms with Crippen LogP contribution in [0.15, 0.2) is 5.34 Å². The number of carboxylic acids is 1. The second-order valence-electron chi connectivity index (χ2n) is 1.72. The first kappa shape index (κ1) is 13.7. The second-order valence-corrected chi connectivity index (χ2v) is 2.70. The van der Waals surface area contributed by atoms with Gasteiger partial charge in [-0.1, -0.05) is 0 Å². The summed E-state index contributed by atoms with van der Waals surface area (Å²) in [7, 11) is 0. The van der Waals surface area contributed by atoms with Gasteiger partial charge < -0.3 is 15.4 Å². The Labute approximate surface area is 73.5 Å². The number of carbonyl (C=O) groups is 1. The molecule has 0 aromatic heterocycles. The Hall–Kier alpha value is -0.820. The van der Waals surface area contributed by atoms with Crippen molar-refractivity contribution in [3.8, 4) is 0 Å². The standard InChI is InChI=1S/C5H10O3S.HNO2/c1-9-3-2-4(6)5(7)8;2-1-3/h4,6H,2-3H2,1H3,(H,7,8);(H,2,3). The Morgan fingerprint density at radius 2 is 2.08 bits per heavy atom. The van der Waals surface area contributed by atoms with Gasteiger partial charge >= 0.3 is 5.97 Å². The third kappa shape index (κ3) is 11.9. The lowest BCUT2D eigenvalue weighted by Gasteiger charge is -2.01. The molecule has 0 heterocycles. The van der Waals surface area contributed by atoms with Gasteiger partial charge in [-0.2, -0.15) is 11.8 Å². The van der Waals surface area contributed by atoms with E-state index in [1.54, 1.807) is 0 Å². The molecule has 0 saturated carbocycles. The van der Waals surface area contributed by atoms with E-state index in [1.165, 1.54) is 17.1 Å². The average molecular weight is 197 g/mol. The number of hydrogen-bond donors (Lipinski definition) is 3. The summed E-state index contributed by atoms with van der Waals surface area (Å²) < 4.78 is 0. The molecular weight excluding hydrogens is 186 g/mol. The molecule has 0 aromatic carbocycles. The quantitative estimate of drug-likeness (QED) is 0.442.